The van der Waals surface area contributed by atoms with Gasteiger partial charge in [0.05, 0.1) is 41.7 Å². The summed E-state index contributed by atoms with van der Waals surface area (Å²) >= 11 is 0. The quantitative estimate of drug-likeness (QED) is 0.0468. The molecule has 2 aromatic carbocycles. The number of ether oxygens (including phenoxy) is 7. The maximum atomic E-state index is 13.3. The predicted octanol–water partition coefficient (Wildman–Crippen LogP) is 25.6. The smallest absolute Gasteiger partial charge is 0.228 e. The molecule has 0 aromatic heterocycles. The molecule has 670 valence electrons. The molecule has 0 spiro atoms. The van der Waals surface area contributed by atoms with Crippen LogP contribution >= 0.6 is 0 Å². The first-order valence-electron chi connectivity index (χ1n) is 44.1. The van der Waals surface area contributed by atoms with E-state index in [-0.39, 0.29) is 112 Å². The fourth-order valence-corrected chi connectivity index (χ4v) is 14.6. The van der Waals surface area contributed by atoms with Crippen LogP contribution in [0.5, 0.6) is 0 Å². The van der Waals surface area contributed by atoms with Crippen LogP contribution in [0.25, 0.3) is 0 Å². The van der Waals surface area contributed by atoms with Gasteiger partial charge in [0.1, 0.15) is 19.3 Å². The van der Waals surface area contributed by atoms with Crippen molar-refractivity contribution in [3.05, 3.63) is 269 Å². The van der Waals surface area contributed by atoms with Gasteiger partial charge in [-0.2, -0.15) is 0 Å². The summed E-state index contributed by atoms with van der Waals surface area (Å²) in [5, 5.41) is 21.3. The minimum absolute atomic E-state index is 0.00548. The predicted molar refractivity (Wildman–Crippen MR) is 500 cm³/mol. The van der Waals surface area contributed by atoms with Crippen molar-refractivity contribution >= 4 is 34.7 Å². The van der Waals surface area contributed by atoms with Crippen molar-refractivity contribution in [2.45, 2.75) is 292 Å². The second-order valence-electron chi connectivity index (χ2n) is 34.3. The minimum atomic E-state index is -0.871. The third-order valence-electron chi connectivity index (χ3n) is 22.8. The Bertz CT molecular complexity index is 4310. The van der Waals surface area contributed by atoms with Crippen molar-refractivity contribution in [1.82, 2.24) is 0 Å². The minimum Gasteiger partial charge on any atom is -0.494 e. The van der Waals surface area contributed by atoms with Gasteiger partial charge in [-0.1, -0.05) is 221 Å². The van der Waals surface area contributed by atoms with Gasteiger partial charge >= 0.3 is 0 Å². The summed E-state index contributed by atoms with van der Waals surface area (Å²) < 4.78 is 37.7. The van der Waals surface area contributed by atoms with Crippen molar-refractivity contribution in [3.63, 3.8) is 0 Å². The average Bonchev–Trinajstić information content (AvgIpc) is 0.794. The Hall–Kier alpha value is -9.44. The molecule has 0 radical (unpaired) electrons. The van der Waals surface area contributed by atoms with E-state index in [4.69, 9.17) is 33.2 Å². The number of ketones is 6. The molecule has 8 atom stereocenters. The van der Waals surface area contributed by atoms with Gasteiger partial charge in [0, 0.05) is 46.7 Å². The van der Waals surface area contributed by atoms with Gasteiger partial charge < -0.3 is 43.4 Å². The second kappa shape index (κ2) is 57.8. The molecule has 0 bridgehead atoms. The van der Waals surface area contributed by atoms with Gasteiger partial charge in [0.2, 0.25) is 57.7 Å². The molecule has 15 heteroatoms. The highest BCUT2D eigenvalue weighted by Gasteiger charge is 2.44. The zero-order valence-corrected chi connectivity index (χ0v) is 79.2. The van der Waals surface area contributed by atoms with Crippen LogP contribution in [0.3, 0.4) is 0 Å². The molecule has 4 aliphatic carbocycles. The van der Waals surface area contributed by atoms with E-state index in [9.17, 15) is 39.0 Å². The topological polar surface area (TPSA) is 207 Å². The normalized spacial score (nSPS) is 20.2. The summed E-state index contributed by atoms with van der Waals surface area (Å²) in [4.78, 5) is 76.5. The van der Waals surface area contributed by atoms with Crippen molar-refractivity contribution in [3.8, 4) is 0 Å². The number of benzene rings is 2. The Morgan fingerprint density at radius 2 is 0.680 bits per heavy atom. The lowest BCUT2D eigenvalue weighted by atomic mass is 9.77. The van der Waals surface area contributed by atoms with Crippen molar-refractivity contribution < 1.29 is 72.1 Å². The van der Waals surface area contributed by atoms with E-state index >= 15 is 0 Å². The van der Waals surface area contributed by atoms with Crippen LogP contribution in [0.1, 0.15) is 278 Å². The first-order valence-corrected chi connectivity index (χ1v) is 44.1. The van der Waals surface area contributed by atoms with E-state index in [2.05, 4.69) is 178 Å². The molecule has 0 heterocycles. The molecule has 0 saturated carbocycles. The summed E-state index contributed by atoms with van der Waals surface area (Å²) in [5.41, 5.74) is 19.0. The molecule has 15 nitrogen and oxygen atoms in total. The lowest BCUT2D eigenvalue weighted by Gasteiger charge is -2.34. The third-order valence-corrected chi connectivity index (χ3v) is 22.8. The number of carbonyl (C=O) groups is 6. The molecule has 0 amide bonds. The molecule has 2 aromatic rings. The number of aliphatic hydroxyl groups excluding tert-OH is 2. The van der Waals surface area contributed by atoms with E-state index in [0.29, 0.717) is 30.4 Å². The molecule has 0 fully saturated rings. The zero-order valence-electron chi connectivity index (χ0n) is 79.2. The molecule has 0 saturated heterocycles. The van der Waals surface area contributed by atoms with Crippen LogP contribution in [-0.2, 0) is 75.1 Å². The fraction of sp³-hybridized carbons (Fsp3) is 0.514. The highest BCUT2D eigenvalue weighted by molar-refractivity contribution is 6.23. The summed E-state index contributed by atoms with van der Waals surface area (Å²) in [6.07, 6.45) is 45.8. The number of Topliss-reactive ketones (excluding diaryl/α,β-unsaturated/α-hetero) is 6. The number of aliphatic hydroxyl groups is 2. The van der Waals surface area contributed by atoms with Crippen LogP contribution in [0.4, 0.5) is 0 Å². The van der Waals surface area contributed by atoms with Gasteiger partial charge in [-0.15, -0.1) is 0 Å². The third kappa shape index (κ3) is 38.1. The SMILES string of the molecule is COC1=C(OC)C(=O)C(C/C=C(\C)CC/C=C(\C)CCC=C(C)C)=C(C)C1=O.COC1=C(OCc2ccccc2)C(=O)C(C)C(C/C=C(\C)CC/C=C(\C)CCC=C(C)C)C1O.COC1=C(OCc2ccccc2)C(=O)C(C/C=C(\C)CC/C=C(\C)CCC=C(C)C)C(C)C1=O.COC1=CC(O)C(C/C=C(\C)CC/C=C(\C)CCC=C(C)C)C(C)C1=O. The molecule has 2 N–H and O–H groups in total. The molecule has 6 rings (SSSR count). The second-order valence-corrected chi connectivity index (χ2v) is 34.3. The molecular formula is C107H152O15. The standard InChI is InChI=1S/C30H42O4.C30H40O4.C24H34O4.C23H36O3/c1-21(2)12-10-13-22(3)14-11-15-23(4)18-19-26-24(5)27(31)30(29(33-6)28(26)32)34-20-25-16-8-7-9-17-25;1-21(2)12-10-13-22(3)14-11-15-23(4)18-19-26-24(5)27(31)29(33-6)30(28(26)32)34-20-25-16-8-7-9-17-25;1-16(2)10-8-11-17(3)12-9-13-18(4)14-15-20-19(5)21(25)23(27-6)24(28-7)22(20)26;1-16(2)9-7-10-17(3)11-8-12-18(4)13-14-20-19(5)23(25)22(26-6)15-21(20)24/h7-9,12,14,16-18,24,26,28,32H,10-11,13,15,19-20H2,1-6H3;7-9,12,14,16-18,24,26H,10-11,13,15,19-20H2,1-6H3;10,12,14H,8-9,11,13,15H2,1-7H3;9,11,13,15,19-21,24H,7-8,10,12,14H2,1-6H3/b2*22-14+,23-18+;17-12+,18-14+;17-11+,18-13+. The number of allylic oxidation sites excluding steroid dienone is 30. The number of methoxy groups -OCH3 is 5. The van der Waals surface area contributed by atoms with Gasteiger partial charge in [-0.3, -0.25) is 28.8 Å². The van der Waals surface area contributed by atoms with Crippen molar-refractivity contribution in [2.24, 2.45) is 35.5 Å². The average molecular weight is 1680 g/mol. The molecule has 4 aliphatic rings. The Labute approximate surface area is 735 Å². The molecule has 8 unspecified atom stereocenters. The van der Waals surface area contributed by atoms with E-state index in [1.165, 1.54) is 102 Å². The monoisotopic (exact) mass is 1680 g/mol. The Morgan fingerprint density at radius 3 is 1.06 bits per heavy atom. The number of hydrogen-bond donors (Lipinski definition) is 2. The number of rotatable bonds is 43. The lowest BCUT2D eigenvalue weighted by molar-refractivity contribution is -0.135. The molecule has 122 heavy (non-hydrogen) atoms. The van der Waals surface area contributed by atoms with Crippen LogP contribution < -0.4 is 0 Å². The van der Waals surface area contributed by atoms with E-state index < -0.39 is 24.0 Å². The van der Waals surface area contributed by atoms with Crippen molar-refractivity contribution in [2.75, 3.05) is 35.5 Å². The van der Waals surface area contributed by atoms with Gasteiger partial charge in [-0.25, -0.2) is 0 Å². The first kappa shape index (κ1) is 107. The van der Waals surface area contributed by atoms with E-state index in [1.54, 1.807) is 19.9 Å². The summed E-state index contributed by atoms with van der Waals surface area (Å²) in [6.45, 7) is 41.9. The van der Waals surface area contributed by atoms with Gasteiger partial charge in [-0.05, 0) is 263 Å². The lowest BCUT2D eigenvalue weighted by Crippen LogP contribution is -2.40. The van der Waals surface area contributed by atoms with Crippen LogP contribution in [0, 0.1) is 35.5 Å². The van der Waals surface area contributed by atoms with Gasteiger partial charge in [0.15, 0.2) is 17.3 Å². The Balaban J connectivity index is 0.000000423. The maximum absolute atomic E-state index is 13.3. The highest BCUT2D eigenvalue weighted by Crippen LogP contribution is 2.38. The van der Waals surface area contributed by atoms with Crippen LogP contribution in [0.15, 0.2) is 258 Å². The summed E-state index contributed by atoms with van der Waals surface area (Å²) in [5.74, 6) is -1.98. The van der Waals surface area contributed by atoms with E-state index in [0.717, 1.165) is 120 Å². The maximum Gasteiger partial charge on any atom is 0.228 e. The molecular weight excluding hydrogens is 1530 g/mol. The summed E-state index contributed by atoms with van der Waals surface area (Å²) in [7, 11) is 7.13. The highest BCUT2D eigenvalue weighted by atomic mass is 16.5. The van der Waals surface area contributed by atoms with Crippen molar-refractivity contribution in [1.29, 1.82) is 0 Å². The fourth-order valence-electron chi connectivity index (χ4n) is 14.6. The van der Waals surface area contributed by atoms with Crippen LogP contribution in [0.2, 0.25) is 0 Å². The summed E-state index contributed by atoms with van der Waals surface area (Å²) in [6, 6.07) is 19.3. The zero-order chi connectivity index (χ0) is 91.1. The Kier molecular flexibility index (Phi) is 50.6. The van der Waals surface area contributed by atoms with Crippen LogP contribution in [-0.4, -0.2) is 92.7 Å². The largest absolute Gasteiger partial charge is 0.494 e. The Morgan fingerprint density at radius 1 is 0.344 bits per heavy atom. The molecule has 0 aliphatic heterocycles. The van der Waals surface area contributed by atoms with Gasteiger partial charge in [0.25, 0.3) is 0 Å². The first-order chi connectivity index (χ1) is 58.0. The van der Waals surface area contributed by atoms with E-state index in [1.807, 2.05) is 80.6 Å². The number of hydrogen-bond acceptors (Lipinski definition) is 15. The number of carbonyl (C=O) groups excluding carboxylic acids is 6.